The van der Waals surface area contributed by atoms with Crippen LogP contribution in [0.25, 0.3) is 0 Å². The molecular formula is C21H15ClN2O3S. The van der Waals surface area contributed by atoms with E-state index in [-0.39, 0.29) is 17.9 Å². The smallest absolute Gasteiger partial charge is 0.266 e. The zero-order valence-corrected chi connectivity index (χ0v) is 16.1. The van der Waals surface area contributed by atoms with Crippen LogP contribution in [0.2, 0.25) is 5.02 Å². The van der Waals surface area contributed by atoms with E-state index in [0.29, 0.717) is 10.7 Å². The average molecular weight is 411 g/mol. The third-order valence-corrected chi connectivity index (χ3v) is 6.24. The van der Waals surface area contributed by atoms with E-state index in [0.717, 1.165) is 10.6 Å². The number of hydrogen-bond donors (Lipinski definition) is 0. The Labute approximate surface area is 170 Å². The molecule has 0 bridgehead atoms. The Balaban J connectivity index is 1.57. The zero-order valence-electron chi connectivity index (χ0n) is 14.6. The molecule has 2 aromatic carbocycles. The second-order valence-electron chi connectivity index (χ2n) is 6.66. The third kappa shape index (κ3) is 2.64. The number of hydroxylamine groups is 1. The van der Waals surface area contributed by atoms with Crippen LogP contribution < -0.4 is 9.96 Å². The van der Waals surface area contributed by atoms with Gasteiger partial charge in [0.1, 0.15) is 12.0 Å². The van der Waals surface area contributed by atoms with Gasteiger partial charge < -0.3 is 0 Å². The molecule has 7 heteroatoms. The van der Waals surface area contributed by atoms with Crippen LogP contribution in [0.3, 0.4) is 0 Å². The van der Waals surface area contributed by atoms with Gasteiger partial charge in [0.2, 0.25) is 5.91 Å². The highest BCUT2D eigenvalue weighted by molar-refractivity contribution is 7.10. The number of hydrogen-bond acceptors (Lipinski definition) is 5. The number of carbonyl (C=O) groups is 2. The quantitative estimate of drug-likeness (QED) is 0.598. The molecule has 3 heterocycles. The molecule has 5 rings (SSSR count). The number of halogens is 1. The van der Waals surface area contributed by atoms with Gasteiger partial charge in [-0.2, -0.15) is 0 Å². The minimum Gasteiger partial charge on any atom is -0.273 e. The maximum Gasteiger partial charge on any atom is 0.266 e. The SMILES string of the molecule is O=C1[C@H]2[C@H](ON(c3ccc(Cl)cc3)[C@H]2c2cccs2)C(=O)N1c1ccccc1. The van der Waals surface area contributed by atoms with Crippen LogP contribution in [0.4, 0.5) is 11.4 Å². The van der Waals surface area contributed by atoms with Crippen LogP contribution in [-0.4, -0.2) is 17.9 Å². The maximum atomic E-state index is 13.3. The summed E-state index contributed by atoms with van der Waals surface area (Å²) < 4.78 is 0. The molecule has 0 N–H and O–H groups in total. The molecular weight excluding hydrogens is 396 g/mol. The lowest BCUT2D eigenvalue weighted by atomic mass is 9.95. The molecule has 0 saturated carbocycles. The zero-order chi connectivity index (χ0) is 19.3. The molecule has 140 valence electrons. The number of thiophene rings is 1. The van der Waals surface area contributed by atoms with Gasteiger partial charge in [0.15, 0.2) is 6.10 Å². The molecule has 2 fully saturated rings. The van der Waals surface area contributed by atoms with Gasteiger partial charge in [-0.25, -0.2) is 9.96 Å². The number of imide groups is 1. The minimum absolute atomic E-state index is 0.240. The molecule has 5 nitrogen and oxygen atoms in total. The summed E-state index contributed by atoms with van der Waals surface area (Å²) in [5.41, 5.74) is 1.32. The molecule has 3 aromatic rings. The summed E-state index contributed by atoms with van der Waals surface area (Å²) in [6.07, 6.45) is -0.851. The summed E-state index contributed by atoms with van der Waals surface area (Å²) >= 11 is 7.55. The van der Waals surface area contributed by atoms with Crippen molar-refractivity contribution in [3.8, 4) is 0 Å². The first-order valence-corrected chi connectivity index (χ1v) is 10.1. The molecule has 0 spiro atoms. The minimum atomic E-state index is -0.851. The third-order valence-electron chi connectivity index (χ3n) is 5.05. The number of amides is 2. The van der Waals surface area contributed by atoms with Crippen molar-refractivity contribution in [3.05, 3.63) is 82.0 Å². The van der Waals surface area contributed by atoms with Crippen LogP contribution in [0.1, 0.15) is 10.9 Å². The largest absolute Gasteiger partial charge is 0.273 e. The highest BCUT2D eigenvalue weighted by Crippen LogP contribution is 2.48. The van der Waals surface area contributed by atoms with Crippen molar-refractivity contribution < 1.29 is 14.4 Å². The fourth-order valence-corrected chi connectivity index (χ4v) is 4.79. The summed E-state index contributed by atoms with van der Waals surface area (Å²) in [4.78, 5) is 34.7. The van der Waals surface area contributed by atoms with Crippen LogP contribution in [0, 0.1) is 5.92 Å². The fraction of sp³-hybridized carbons (Fsp3) is 0.143. The van der Waals surface area contributed by atoms with Crippen molar-refractivity contribution >= 4 is 46.1 Å². The van der Waals surface area contributed by atoms with Crippen molar-refractivity contribution in [1.82, 2.24) is 0 Å². The number of rotatable bonds is 3. The number of fused-ring (bicyclic) bond motifs is 1. The number of carbonyl (C=O) groups excluding carboxylic acids is 2. The normalized spacial score (nSPS) is 24.1. The topological polar surface area (TPSA) is 49.9 Å². The van der Waals surface area contributed by atoms with Gasteiger partial charge >= 0.3 is 0 Å². The molecule has 0 radical (unpaired) electrons. The molecule has 3 atom stereocenters. The maximum absolute atomic E-state index is 13.3. The fourth-order valence-electron chi connectivity index (χ4n) is 3.81. The highest BCUT2D eigenvalue weighted by Gasteiger charge is 2.60. The van der Waals surface area contributed by atoms with Crippen molar-refractivity contribution in [2.75, 3.05) is 9.96 Å². The Bertz CT molecular complexity index is 1020. The summed E-state index contributed by atoms with van der Waals surface area (Å²) in [6, 6.07) is 19.7. The number of benzene rings is 2. The Kier molecular flexibility index (Phi) is 4.19. The van der Waals surface area contributed by atoms with E-state index in [1.807, 2.05) is 47.8 Å². The van der Waals surface area contributed by atoms with Crippen LogP contribution in [0.5, 0.6) is 0 Å². The summed E-state index contributed by atoms with van der Waals surface area (Å²) in [5, 5.41) is 4.24. The Hall–Kier alpha value is -2.67. The Morgan fingerprint density at radius 3 is 2.29 bits per heavy atom. The second kappa shape index (κ2) is 6.74. The monoisotopic (exact) mass is 410 g/mol. The van der Waals surface area contributed by atoms with Gasteiger partial charge in [-0.1, -0.05) is 35.9 Å². The highest BCUT2D eigenvalue weighted by atomic mass is 35.5. The van der Waals surface area contributed by atoms with E-state index in [9.17, 15) is 9.59 Å². The average Bonchev–Trinajstić information content (AvgIpc) is 3.41. The predicted octanol–water partition coefficient (Wildman–Crippen LogP) is 4.45. The summed E-state index contributed by atoms with van der Waals surface area (Å²) in [7, 11) is 0. The standard InChI is InChI=1S/C21H15ClN2O3S/c22-13-8-10-15(11-9-13)24-18(16-7-4-12-28-16)17-19(27-24)21(26)23(20(17)25)14-5-2-1-3-6-14/h1-12,17-19H/t17-,18+,19+/m1/s1. The van der Waals surface area contributed by atoms with Crippen molar-refractivity contribution in [3.63, 3.8) is 0 Å². The lowest BCUT2D eigenvalue weighted by Gasteiger charge is -2.27. The van der Waals surface area contributed by atoms with E-state index < -0.39 is 12.0 Å². The van der Waals surface area contributed by atoms with Crippen LogP contribution in [-0.2, 0) is 14.4 Å². The van der Waals surface area contributed by atoms with Crippen LogP contribution in [0.15, 0.2) is 72.1 Å². The molecule has 2 amide bonds. The molecule has 0 unspecified atom stereocenters. The number of para-hydroxylation sites is 1. The number of nitrogens with zero attached hydrogens (tertiary/aromatic N) is 2. The first kappa shape index (κ1) is 17.4. The molecule has 2 aliphatic heterocycles. The van der Waals surface area contributed by atoms with Gasteiger partial charge in [0.05, 0.1) is 11.4 Å². The molecule has 2 aliphatic rings. The van der Waals surface area contributed by atoms with Crippen molar-refractivity contribution in [1.29, 1.82) is 0 Å². The summed E-state index contributed by atoms with van der Waals surface area (Å²) in [5.74, 6) is -1.18. The van der Waals surface area contributed by atoms with Gasteiger partial charge in [0, 0.05) is 9.90 Å². The van der Waals surface area contributed by atoms with E-state index in [1.54, 1.807) is 40.7 Å². The number of anilines is 2. The van der Waals surface area contributed by atoms with E-state index >= 15 is 0 Å². The first-order valence-electron chi connectivity index (χ1n) is 8.83. The molecule has 1 aromatic heterocycles. The Morgan fingerprint density at radius 1 is 0.857 bits per heavy atom. The lowest BCUT2D eigenvalue weighted by Crippen LogP contribution is -2.37. The molecule has 28 heavy (non-hydrogen) atoms. The predicted molar refractivity (Wildman–Crippen MR) is 108 cm³/mol. The van der Waals surface area contributed by atoms with E-state index in [2.05, 4.69) is 0 Å². The van der Waals surface area contributed by atoms with Gasteiger partial charge in [-0.3, -0.25) is 14.4 Å². The van der Waals surface area contributed by atoms with Crippen molar-refractivity contribution in [2.24, 2.45) is 5.92 Å². The van der Waals surface area contributed by atoms with Gasteiger partial charge in [-0.15, -0.1) is 11.3 Å². The van der Waals surface area contributed by atoms with E-state index in [4.69, 9.17) is 16.4 Å². The van der Waals surface area contributed by atoms with E-state index in [1.165, 1.54) is 4.90 Å². The van der Waals surface area contributed by atoms with Gasteiger partial charge in [-0.05, 0) is 47.8 Å². The molecule has 2 saturated heterocycles. The van der Waals surface area contributed by atoms with Crippen molar-refractivity contribution in [2.45, 2.75) is 12.1 Å². The molecule has 0 aliphatic carbocycles. The Morgan fingerprint density at radius 2 is 1.61 bits per heavy atom. The van der Waals surface area contributed by atoms with Crippen LogP contribution >= 0.6 is 22.9 Å². The lowest BCUT2D eigenvalue weighted by molar-refractivity contribution is -0.126. The first-order chi connectivity index (χ1) is 13.6. The second-order valence-corrected chi connectivity index (χ2v) is 8.08. The van der Waals surface area contributed by atoms with Gasteiger partial charge in [0.25, 0.3) is 5.91 Å². The summed E-state index contributed by atoms with van der Waals surface area (Å²) in [6.45, 7) is 0.